The van der Waals surface area contributed by atoms with E-state index in [9.17, 15) is 9.59 Å². The van der Waals surface area contributed by atoms with Crippen LogP contribution in [0.2, 0.25) is 19.6 Å². The van der Waals surface area contributed by atoms with E-state index in [1.807, 2.05) is 58.0 Å². The number of nitrogens with zero attached hydrogens (tertiary/aromatic N) is 2. The molecule has 2 heterocycles. The number of carbonyl (C=O) groups excluding carboxylic acids is 2. The molecule has 0 bridgehead atoms. The molecule has 3 fully saturated rings. The molecular weight excluding hydrogens is 460 g/mol. The van der Waals surface area contributed by atoms with E-state index in [0.29, 0.717) is 19.4 Å². The highest BCUT2D eigenvalue weighted by Crippen LogP contribution is 2.52. The van der Waals surface area contributed by atoms with Crippen molar-refractivity contribution in [3.8, 4) is 0 Å². The van der Waals surface area contributed by atoms with Crippen molar-refractivity contribution in [2.24, 2.45) is 0 Å². The van der Waals surface area contributed by atoms with Gasteiger partial charge in [-0.25, -0.2) is 4.79 Å². The highest BCUT2D eigenvalue weighted by atomic mass is 32.2. The van der Waals surface area contributed by atoms with Gasteiger partial charge >= 0.3 is 6.03 Å². The normalized spacial score (nSPS) is 29.6. The minimum Gasteiger partial charge on any atom is -0.403 e. The van der Waals surface area contributed by atoms with E-state index in [-0.39, 0.29) is 29.3 Å². The molecule has 0 spiro atoms. The minimum absolute atomic E-state index is 0.0228. The van der Waals surface area contributed by atoms with Crippen molar-refractivity contribution in [3.05, 3.63) is 71.8 Å². The summed E-state index contributed by atoms with van der Waals surface area (Å²) in [6.07, 6.45) is 3.10. The van der Waals surface area contributed by atoms with Crippen LogP contribution in [0.25, 0.3) is 0 Å². The van der Waals surface area contributed by atoms with Gasteiger partial charge < -0.3 is 14.2 Å². The zero-order valence-corrected chi connectivity index (χ0v) is 22.1. The van der Waals surface area contributed by atoms with E-state index in [1.165, 1.54) is 0 Å². The van der Waals surface area contributed by atoms with E-state index in [2.05, 4.69) is 43.9 Å². The Morgan fingerprint density at radius 2 is 1.68 bits per heavy atom. The SMILES string of the molecule is C[Si](C)(C)OC1([C@H]2[C@@H]3CS[C@@H](c4ccccc4)N3C(=O)N2Cc2ccccc2)CCCCC1=O. The van der Waals surface area contributed by atoms with Crippen LogP contribution in [-0.4, -0.2) is 53.4 Å². The Hall–Kier alpha value is -2.09. The summed E-state index contributed by atoms with van der Waals surface area (Å²) in [7, 11) is -2.08. The van der Waals surface area contributed by atoms with Crippen LogP contribution in [0.3, 0.4) is 0 Å². The van der Waals surface area contributed by atoms with Crippen LogP contribution in [0, 0.1) is 0 Å². The monoisotopic (exact) mass is 494 g/mol. The first-order valence-electron chi connectivity index (χ1n) is 12.3. The number of fused-ring (bicyclic) bond motifs is 1. The Bertz CT molecular complexity index is 1040. The summed E-state index contributed by atoms with van der Waals surface area (Å²) in [5.41, 5.74) is 1.30. The molecule has 2 saturated heterocycles. The maximum absolute atomic E-state index is 14.1. The van der Waals surface area contributed by atoms with Crippen molar-refractivity contribution in [1.82, 2.24) is 9.80 Å². The van der Waals surface area contributed by atoms with Gasteiger partial charge in [0, 0.05) is 18.7 Å². The van der Waals surface area contributed by atoms with Crippen molar-refractivity contribution < 1.29 is 14.0 Å². The first kappa shape index (κ1) is 23.6. The van der Waals surface area contributed by atoms with E-state index in [4.69, 9.17) is 4.43 Å². The number of Topliss-reactive ketones (excluding diaryl/α,β-unsaturated/α-hetero) is 1. The van der Waals surface area contributed by atoms with Gasteiger partial charge in [0.25, 0.3) is 0 Å². The highest BCUT2D eigenvalue weighted by Gasteiger charge is 2.63. The Labute approximate surface area is 208 Å². The van der Waals surface area contributed by atoms with Crippen molar-refractivity contribution >= 4 is 31.9 Å². The molecule has 180 valence electrons. The molecule has 3 aliphatic rings. The van der Waals surface area contributed by atoms with Gasteiger partial charge in [0.15, 0.2) is 14.1 Å². The van der Waals surface area contributed by atoms with Crippen molar-refractivity contribution in [2.45, 2.75) is 74.9 Å². The van der Waals surface area contributed by atoms with E-state index >= 15 is 0 Å². The van der Waals surface area contributed by atoms with E-state index < -0.39 is 13.9 Å². The van der Waals surface area contributed by atoms with Crippen molar-refractivity contribution in [1.29, 1.82) is 0 Å². The lowest BCUT2D eigenvalue weighted by Gasteiger charge is -2.48. The maximum Gasteiger partial charge on any atom is 0.322 e. The van der Waals surface area contributed by atoms with Crippen LogP contribution in [-0.2, 0) is 15.8 Å². The lowest BCUT2D eigenvalue weighted by molar-refractivity contribution is -0.145. The van der Waals surface area contributed by atoms with Gasteiger partial charge in [0.2, 0.25) is 0 Å². The Balaban J connectivity index is 1.60. The summed E-state index contributed by atoms with van der Waals surface area (Å²) >= 11 is 1.81. The molecular formula is C27H34N2O3SSi. The lowest BCUT2D eigenvalue weighted by atomic mass is 9.75. The van der Waals surface area contributed by atoms with Gasteiger partial charge in [-0.15, -0.1) is 11.8 Å². The first-order valence-corrected chi connectivity index (χ1v) is 16.8. The smallest absolute Gasteiger partial charge is 0.322 e. The van der Waals surface area contributed by atoms with Crippen LogP contribution >= 0.6 is 11.8 Å². The number of hydrogen-bond donors (Lipinski definition) is 0. The molecule has 5 nitrogen and oxygen atoms in total. The van der Waals surface area contributed by atoms with Crippen LogP contribution < -0.4 is 0 Å². The number of benzene rings is 2. The molecule has 2 aromatic rings. The second kappa shape index (κ2) is 9.17. The van der Waals surface area contributed by atoms with Gasteiger partial charge in [-0.3, -0.25) is 4.79 Å². The number of amides is 2. The van der Waals surface area contributed by atoms with Crippen LogP contribution in [0.4, 0.5) is 4.79 Å². The molecule has 2 aromatic carbocycles. The third kappa shape index (κ3) is 4.23. The van der Waals surface area contributed by atoms with Crippen LogP contribution in [0.15, 0.2) is 60.7 Å². The molecule has 1 unspecified atom stereocenters. The minimum atomic E-state index is -2.08. The average molecular weight is 495 g/mol. The quantitative estimate of drug-likeness (QED) is 0.473. The standard InChI is InChI=1S/C27H34N2O3SSi/c1-34(2,3)32-27(17-11-10-16-23(27)30)24-22-19-33-25(21-14-8-5-9-15-21)29(22)26(31)28(24)18-20-12-6-4-7-13-20/h4-9,12-15,22,24-25H,10-11,16-19H2,1-3H3/t22-,24+,25-,27?/m0/s1. The summed E-state index contributed by atoms with van der Waals surface area (Å²) in [4.78, 5) is 31.9. The van der Waals surface area contributed by atoms with Gasteiger partial charge in [-0.2, -0.15) is 0 Å². The summed E-state index contributed by atoms with van der Waals surface area (Å²) in [6, 6.07) is 20.1. The molecule has 5 rings (SSSR count). The third-order valence-electron chi connectivity index (χ3n) is 7.12. The molecule has 2 amide bonds. The van der Waals surface area contributed by atoms with Gasteiger partial charge in [-0.05, 0) is 50.0 Å². The third-order valence-corrected chi connectivity index (χ3v) is 9.45. The number of ketones is 1. The van der Waals surface area contributed by atoms with Gasteiger partial charge in [0.1, 0.15) is 11.0 Å². The predicted octanol–water partition coefficient (Wildman–Crippen LogP) is 5.84. The number of carbonyl (C=O) groups is 2. The molecule has 1 saturated carbocycles. The number of rotatable bonds is 6. The maximum atomic E-state index is 14.1. The van der Waals surface area contributed by atoms with Crippen LogP contribution in [0.1, 0.15) is 42.2 Å². The highest BCUT2D eigenvalue weighted by molar-refractivity contribution is 7.99. The summed E-state index contributed by atoms with van der Waals surface area (Å²) in [5, 5.41) is -0.0374. The first-order chi connectivity index (χ1) is 16.3. The molecule has 34 heavy (non-hydrogen) atoms. The lowest BCUT2D eigenvalue weighted by Crippen LogP contribution is -2.64. The molecule has 7 heteroatoms. The molecule has 0 N–H and O–H groups in total. The van der Waals surface area contributed by atoms with Crippen LogP contribution in [0.5, 0.6) is 0 Å². The zero-order valence-electron chi connectivity index (χ0n) is 20.3. The largest absolute Gasteiger partial charge is 0.403 e. The number of thioether (sulfide) groups is 1. The second-order valence-electron chi connectivity index (χ2n) is 10.6. The molecule has 2 aliphatic heterocycles. The fraction of sp³-hybridized carbons (Fsp3) is 0.481. The van der Waals surface area contributed by atoms with E-state index in [1.54, 1.807) is 0 Å². The molecule has 4 atom stereocenters. The second-order valence-corrected chi connectivity index (χ2v) is 16.2. The summed E-state index contributed by atoms with van der Waals surface area (Å²) < 4.78 is 6.89. The number of hydrogen-bond acceptors (Lipinski definition) is 4. The van der Waals surface area contributed by atoms with Crippen molar-refractivity contribution in [3.63, 3.8) is 0 Å². The number of urea groups is 1. The Kier molecular flexibility index (Phi) is 6.38. The van der Waals surface area contributed by atoms with E-state index in [0.717, 1.165) is 29.7 Å². The topological polar surface area (TPSA) is 49.9 Å². The fourth-order valence-electron chi connectivity index (χ4n) is 5.92. The van der Waals surface area contributed by atoms with Gasteiger partial charge in [-0.1, -0.05) is 60.7 Å². The predicted molar refractivity (Wildman–Crippen MR) is 139 cm³/mol. The summed E-state index contributed by atoms with van der Waals surface area (Å²) in [6.45, 7) is 6.96. The van der Waals surface area contributed by atoms with Gasteiger partial charge in [0.05, 0.1) is 12.1 Å². The molecule has 0 aromatic heterocycles. The Morgan fingerprint density at radius 1 is 1.00 bits per heavy atom. The fourth-order valence-corrected chi connectivity index (χ4v) is 8.83. The average Bonchev–Trinajstić information content (AvgIpc) is 3.35. The Morgan fingerprint density at radius 3 is 2.32 bits per heavy atom. The summed E-state index contributed by atoms with van der Waals surface area (Å²) in [5.74, 6) is 0.998. The van der Waals surface area contributed by atoms with Crippen molar-refractivity contribution in [2.75, 3.05) is 5.75 Å². The molecule has 1 aliphatic carbocycles. The zero-order chi connectivity index (χ0) is 23.9. The molecule has 0 radical (unpaired) electrons.